The molecule has 0 aliphatic heterocycles. The highest BCUT2D eigenvalue weighted by Gasteiger charge is 2.15. The van der Waals surface area contributed by atoms with Crippen molar-refractivity contribution < 1.29 is 10.2 Å². The molecule has 0 fully saturated rings. The smallest absolute Gasteiger partial charge is 0.0799 e. The van der Waals surface area contributed by atoms with Gasteiger partial charge in [-0.15, -0.1) is 0 Å². The summed E-state index contributed by atoms with van der Waals surface area (Å²) in [6.45, 7) is 4.52. The highest BCUT2D eigenvalue weighted by Crippen LogP contribution is 2.16. The molecule has 0 bridgehead atoms. The van der Waals surface area contributed by atoms with Crippen molar-refractivity contribution >= 4 is 0 Å². The summed E-state index contributed by atoms with van der Waals surface area (Å²) in [6.07, 6.45) is 24.0. The molecule has 26 heavy (non-hydrogen) atoms. The fourth-order valence-corrected chi connectivity index (χ4v) is 3.71. The Morgan fingerprint density at radius 3 is 0.885 bits per heavy atom. The Morgan fingerprint density at radius 1 is 0.385 bits per heavy atom. The molecule has 0 saturated carbocycles. The molecule has 0 aromatic carbocycles. The third-order valence-corrected chi connectivity index (χ3v) is 5.65. The first-order valence-corrected chi connectivity index (χ1v) is 12.1. The van der Waals surface area contributed by atoms with Crippen LogP contribution in [0.4, 0.5) is 0 Å². The molecular weight excluding hydrogens is 320 g/mol. The molecule has 0 unspecified atom stereocenters. The van der Waals surface area contributed by atoms with Crippen molar-refractivity contribution in [2.45, 2.75) is 154 Å². The minimum Gasteiger partial charge on any atom is -0.390 e. The Balaban J connectivity index is 3.31. The monoisotopic (exact) mass is 370 g/mol. The Hall–Kier alpha value is -0.0800. The van der Waals surface area contributed by atoms with Gasteiger partial charge in [0.1, 0.15) is 0 Å². The van der Waals surface area contributed by atoms with Gasteiger partial charge in [0.15, 0.2) is 0 Å². The average Bonchev–Trinajstić information content (AvgIpc) is 2.65. The second kappa shape index (κ2) is 21.2. The number of aliphatic hydroxyl groups excluding tert-OH is 2. The van der Waals surface area contributed by atoms with E-state index in [1.54, 1.807) is 0 Å². The molecule has 2 N–H and O–H groups in total. The Bertz CT molecular complexity index is 229. The minimum absolute atomic E-state index is 0.506. The standard InChI is InChI=1S/C24H50O2/c1-3-5-7-9-11-13-15-17-19-21-23(25)24(26)22-20-18-16-14-12-10-8-6-4-2/h23-26H,3-22H2,1-2H3/t23-,24-/m1/s1. The average molecular weight is 371 g/mol. The molecule has 2 nitrogen and oxygen atoms in total. The number of aliphatic hydroxyl groups is 2. The number of unbranched alkanes of at least 4 members (excludes halogenated alkanes) is 16. The van der Waals surface area contributed by atoms with Gasteiger partial charge >= 0.3 is 0 Å². The van der Waals surface area contributed by atoms with E-state index in [9.17, 15) is 10.2 Å². The van der Waals surface area contributed by atoms with Crippen LogP contribution in [-0.2, 0) is 0 Å². The number of hydrogen-bond donors (Lipinski definition) is 2. The zero-order chi connectivity index (χ0) is 19.3. The topological polar surface area (TPSA) is 40.5 Å². The predicted octanol–water partition coefficient (Wildman–Crippen LogP) is 7.55. The highest BCUT2D eigenvalue weighted by atomic mass is 16.3. The normalized spacial score (nSPS) is 13.8. The van der Waals surface area contributed by atoms with E-state index < -0.39 is 12.2 Å². The molecule has 0 rings (SSSR count). The van der Waals surface area contributed by atoms with E-state index in [1.165, 1.54) is 103 Å². The number of rotatable bonds is 21. The van der Waals surface area contributed by atoms with E-state index >= 15 is 0 Å². The second-order valence-corrected chi connectivity index (χ2v) is 8.37. The summed E-state index contributed by atoms with van der Waals surface area (Å²) in [7, 11) is 0. The van der Waals surface area contributed by atoms with Gasteiger partial charge in [0.2, 0.25) is 0 Å². The summed E-state index contributed by atoms with van der Waals surface area (Å²) in [5, 5.41) is 20.2. The van der Waals surface area contributed by atoms with Crippen LogP contribution in [0, 0.1) is 0 Å². The van der Waals surface area contributed by atoms with Gasteiger partial charge in [-0.05, 0) is 12.8 Å². The molecule has 0 radical (unpaired) electrons. The predicted molar refractivity (Wildman–Crippen MR) is 116 cm³/mol. The summed E-state index contributed by atoms with van der Waals surface area (Å²) in [6, 6.07) is 0. The summed E-state index contributed by atoms with van der Waals surface area (Å²) in [4.78, 5) is 0. The van der Waals surface area contributed by atoms with E-state index in [1.807, 2.05) is 0 Å². The summed E-state index contributed by atoms with van der Waals surface area (Å²) < 4.78 is 0. The van der Waals surface area contributed by atoms with Crippen LogP contribution < -0.4 is 0 Å². The first kappa shape index (κ1) is 25.9. The fourth-order valence-electron chi connectivity index (χ4n) is 3.71. The van der Waals surface area contributed by atoms with Crippen LogP contribution in [0.2, 0.25) is 0 Å². The zero-order valence-electron chi connectivity index (χ0n) is 18.2. The van der Waals surface area contributed by atoms with E-state index in [4.69, 9.17) is 0 Å². The van der Waals surface area contributed by atoms with Gasteiger partial charge in [-0.2, -0.15) is 0 Å². The molecule has 0 spiro atoms. The number of hydrogen-bond acceptors (Lipinski definition) is 2. The molecule has 0 aliphatic carbocycles. The lowest BCUT2D eigenvalue weighted by molar-refractivity contribution is 0.00711. The molecule has 0 amide bonds. The van der Waals surface area contributed by atoms with Crippen LogP contribution in [0.25, 0.3) is 0 Å². The van der Waals surface area contributed by atoms with Crippen LogP contribution in [0.1, 0.15) is 142 Å². The Kier molecular flexibility index (Phi) is 21.2. The molecule has 2 heteroatoms. The van der Waals surface area contributed by atoms with E-state index in [0.717, 1.165) is 25.7 Å². The van der Waals surface area contributed by atoms with Crippen molar-refractivity contribution in [1.29, 1.82) is 0 Å². The van der Waals surface area contributed by atoms with Crippen molar-refractivity contribution in [2.24, 2.45) is 0 Å². The van der Waals surface area contributed by atoms with Crippen molar-refractivity contribution in [3.63, 3.8) is 0 Å². The second-order valence-electron chi connectivity index (χ2n) is 8.37. The van der Waals surface area contributed by atoms with Gasteiger partial charge in [0, 0.05) is 0 Å². The first-order chi connectivity index (χ1) is 12.7. The van der Waals surface area contributed by atoms with Crippen molar-refractivity contribution in [3.05, 3.63) is 0 Å². The highest BCUT2D eigenvalue weighted by molar-refractivity contribution is 4.67. The van der Waals surface area contributed by atoms with Gasteiger partial charge in [0.25, 0.3) is 0 Å². The van der Waals surface area contributed by atoms with Crippen LogP contribution in [0.15, 0.2) is 0 Å². The molecule has 0 heterocycles. The summed E-state index contributed by atoms with van der Waals surface area (Å²) >= 11 is 0. The summed E-state index contributed by atoms with van der Waals surface area (Å²) in [5.74, 6) is 0. The molecule has 0 aromatic rings. The van der Waals surface area contributed by atoms with E-state index in [2.05, 4.69) is 13.8 Å². The maximum atomic E-state index is 10.1. The Morgan fingerprint density at radius 2 is 0.615 bits per heavy atom. The third-order valence-electron chi connectivity index (χ3n) is 5.65. The van der Waals surface area contributed by atoms with Crippen molar-refractivity contribution in [2.75, 3.05) is 0 Å². The van der Waals surface area contributed by atoms with Crippen LogP contribution in [-0.4, -0.2) is 22.4 Å². The SMILES string of the molecule is CCCCCCCCCCC[C@@H](O)[C@H](O)CCCCCCCCCCC. The molecule has 0 aromatic heterocycles. The van der Waals surface area contributed by atoms with Crippen LogP contribution >= 0.6 is 0 Å². The lowest BCUT2D eigenvalue weighted by Crippen LogP contribution is -2.25. The lowest BCUT2D eigenvalue weighted by atomic mass is 9.99. The maximum Gasteiger partial charge on any atom is 0.0799 e. The largest absolute Gasteiger partial charge is 0.390 e. The molecule has 2 atom stereocenters. The maximum absolute atomic E-state index is 10.1. The lowest BCUT2D eigenvalue weighted by Gasteiger charge is -2.17. The molecular formula is C24H50O2. The van der Waals surface area contributed by atoms with Gasteiger partial charge in [-0.3, -0.25) is 0 Å². The van der Waals surface area contributed by atoms with Crippen LogP contribution in [0.5, 0.6) is 0 Å². The minimum atomic E-state index is -0.506. The van der Waals surface area contributed by atoms with Gasteiger partial charge < -0.3 is 10.2 Å². The van der Waals surface area contributed by atoms with Gasteiger partial charge in [-0.1, -0.05) is 129 Å². The third kappa shape index (κ3) is 18.7. The van der Waals surface area contributed by atoms with E-state index in [0.29, 0.717) is 0 Å². The Labute approximate surface area is 165 Å². The van der Waals surface area contributed by atoms with E-state index in [-0.39, 0.29) is 0 Å². The molecule has 0 aliphatic rings. The molecule has 158 valence electrons. The van der Waals surface area contributed by atoms with Crippen molar-refractivity contribution in [1.82, 2.24) is 0 Å². The van der Waals surface area contributed by atoms with Gasteiger partial charge in [-0.25, -0.2) is 0 Å². The van der Waals surface area contributed by atoms with Crippen molar-refractivity contribution in [3.8, 4) is 0 Å². The summed E-state index contributed by atoms with van der Waals surface area (Å²) in [5.41, 5.74) is 0. The van der Waals surface area contributed by atoms with Gasteiger partial charge in [0.05, 0.1) is 12.2 Å². The first-order valence-electron chi connectivity index (χ1n) is 12.1. The fraction of sp³-hybridized carbons (Fsp3) is 1.00. The molecule has 0 saturated heterocycles. The quantitative estimate of drug-likeness (QED) is 0.205. The van der Waals surface area contributed by atoms with Crippen LogP contribution in [0.3, 0.4) is 0 Å². The zero-order valence-corrected chi connectivity index (χ0v) is 18.2.